The Hall–Kier alpha value is -1.71. The SMILES string of the molecule is CC1Nc2ccccc2C(OC(N)=O)C1C. The molecule has 1 aliphatic heterocycles. The number of carbonyl (C=O) groups excluding carboxylic acids is 1. The smallest absolute Gasteiger partial charge is 0.405 e. The van der Waals surface area contributed by atoms with Crippen LogP contribution in [0.15, 0.2) is 24.3 Å². The van der Waals surface area contributed by atoms with Crippen molar-refractivity contribution in [3.8, 4) is 0 Å². The van der Waals surface area contributed by atoms with Gasteiger partial charge in [0.15, 0.2) is 0 Å². The standard InChI is InChI=1S/C12H16N2O2/c1-7-8(2)14-10-6-4-3-5-9(10)11(7)16-12(13)15/h3-8,11,14H,1-2H3,(H2,13,15). The number of para-hydroxylation sites is 1. The summed E-state index contributed by atoms with van der Waals surface area (Å²) in [5, 5.41) is 3.38. The molecule has 4 nitrogen and oxygen atoms in total. The largest absolute Gasteiger partial charge is 0.441 e. The Morgan fingerprint density at radius 2 is 2.06 bits per heavy atom. The summed E-state index contributed by atoms with van der Waals surface area (Å²) in [5.41, 5.74) is 7.11. The minimum atomic E-state index is -0.722. The number of carbonyl (C=O) groups is 1. The van der Waals surface area contributed by atoms with Crippen molar-refractivity contribution in [1.82, 2.24) is 0 Å². The van der Waals surface area contributed by atoms with Crippen LogP contribution in [0.4, 0.5) is 10.5 Å². The highest BCUT2D eigenvalue weighted by Crippen LogP contribution is 2.38. The zero-order valence-corrected chi connectivity index (χ0v) is 9.44. The lowest BCUT2D eigenvalue weighted by molar-refractivity contribution is 0.0654. The van der Waals surface area contributed by atoms with Crippen molar-refractivity contribution in [1.29, 1.82) is 0 Å². The number of primary amides is 1. The van der Waals surface area contributed by atoms with E-state index in [2.05, 4.69) is 12.2 Å². The van der Waals surface area contributed by atoms with Gasteiger partial charge < -0.3 is 15.8 Å². The molecule has 3 N–H and O–H groups in total. The predicted molar refractivity (Wildman–Crippen MR) is 62.1 cm³/mol. The fourth-order valence-corrected chi connectivity index (χ4v) is 2.09. The van der Waals surface area contributed by atoms with Crippen molar-refractivity contribution in [3.63, 3.8) is 0 Å². The van der Waals surface area contributed by atoms with Gasteiger partial charge in [0.1, 0.15) is 6.10 Å². The topological polar surface area (TPSA) is 64.3 Å². The average molecular weight is 220 g/mol. The van der Waals surface area contributed by atoms with Gasteiger partial charge in [0.25, 0.3) is 0 Å². The molecule has 1 aromatic carbocycles. The molecule has 1 amide bonds. The fraction of sp³-hybridized carbons (Fsp3) is 0.417. The molecule has 0 aliphatic carbocycles. The summed E-state index contributed by atoms with van der Waals surface area (Å²) in [6.45, 7) is 4.11. The quantitative estimate of drug-likeness (QED) is 0.763. The Bertz CT molecular complexity index is 406. The van der Waals surface area contributed by atoms with Gasteiger partial charge in [0.2, 0.25) is 0 Å². The van der Waals surface area contributed by atoms with E-state index in [0.717, 1.165) is 11.3 Å². The summed E-state index contributed by atoms with van der Waals surface area (Å²) >= 11 is 0. The molecule has 1 aromatic rings. The Labute approximate surface area is 94.8 Å². The Balaban J connectivity index is 2.37. The molecule has 2 rings (SSSR count). The third-order valence-corrected chi connectivity index (χ3v) is 3.16. The van der Waals surface area contributed by atoms with Gasteiger partial charge in [0.05, 0.1) is 0 Å². The van der Waals surface area contributed by atoms with Crippen LogP contribution >= 0.6 is 0 Å². The Morgan fingerprint density at radius 3 is 2.75 bits per heavy atom. The summed E-state index contributed by atoms with van der Waals surface area (Å²) in [6.07, 6.45) is -0.981. The normalized spacial score (nSPS) is 27.8. The van der Waals surface area contributed by atoms with Crippen molar-refractivity contribution < 1.29 is 9.53 Å². The lowest BCUT2D eigenvalue weighted by atomic mass is 9.86. The zero-order chi connectivity index (χ0) is 11.7. The van der Waals surface area contributed by atoms with E-state index in [4.69, 9.17) is 10.5 Å². The number of benzene rings is 1. The minimum absolute atomic E-state index is 0.197. The highest BCUT2D eigenvalue weighted by Gasteiger charge is 2.33. The van der Waals surface area contributed by atoms with Gasteiger partial charge in [0, 0.05) is 23.2 Å². The van der Waals surface area contributed by atoms with E-state index >= 15 is 0 Å². The van der Waals surface area contributed by atoms with Gasteiger partial charge in [-0.25, -0.2) is 4.79 Å². The highest BCUT2D eigenvalue weighted by atomic mass is 16.6. The van der Waals surface area contributed by atoms with E-state index in [9.17, 15) is 4.79 Å². The van der Waals surface area contributed by atoms with Crippen LogP contribution < -0.4 is 11.1 Å². The van der Waals surface area contributed by atoms with E-state index in [0.29, 0.717) is 0 Å². The molecular weight excluding hydrogens is 204 g/mol. The first-order valence-corrected chi connectivity index (χ1v) is 5.41. The molecule has 3 unspecified atom stereocenters. The van der Waals surface area contributed by atoms with Crippen LogP contribution in [0.1, 0.15) is 25.5 Å². The Kier molecular flexibility index (Phi) is 2.73. The second-order valence-corrected chi connectivity index (χ2v) is 4.24. The molecule has 0 bridgehead atoms. The molecule has 4 heteroatoms. The van der Waals surface area contributed by atoms with Gasteiger partial charge in [-0.2, -0.15) is 0 Å². The van der Waals surface area contributed by atoms with Gasteiger partial charge >= 0.3 is 6.09 Å². The molecule has 0 radical (unpaired) electrons. The van der Waals surface area contributed by atoms with Crippen molar-refractivity contribution in [2.45, 2.75) is 26.0 Å². The number of fused-ring (bicyclic) bond motifs is 1. The maximum atomic E-state index is 10.9. The number of amides is 1. The third-order valence-electron chi connectivity index (χ3n) is 3.16. The zero-order valence-electron chi connectivity index (χ0n) is 9.44. The summed E-state index contributed by atoms with van der Waals surface area (Å²) in [5.74, 6) is 0.197. The summed E-state index contributed by atoms with van der Waals surface area (Å²) < 4.78 is 5.20. The number of nitrogens with two attached hydrogens (primary N) is 1. The van der Waals surface area contributed by atoms with E-state index in [1.165, 1.54) is 0 Å². The number of hydrogen-bond donors (Lipinski definition) is 2. The van der Waals surface area contributed by atoms with Crippen molar-refractivity contribution >= 4 is 11.8 Å². The fourth-order valence-electron chi connectivity index (χ4n) is 2.09. The predicted octanol–water partition coefficient (Wildman–Crippen LogP) is 2.27. The minimum Gasteiger partial charge on any atom is -0.441 e. The molecule has 1 aliphatic rings. The van der Waals surface area contributed by atoms with Gasteiger partial charge in [-0.15, -0.1) is 0 Å². The second kappa shape index (κ2) is 4.04. The van der Waals surface area contributed by atoms with Crippen LogP contribution in [0.5, 0.6) is 0 Å². The molecule has 0 aromatic heterocycles. The molecule has 3 atom stereocenters. The molecular formula is C12H16N2O2. The van der Waals surface area contributed by atoms with E-state index in [1.54, 1.807) is 0 Å². The molecule has 0 fully saturated rings. The van der Waals surface area contributed by atoms with Crippen LogP contribution in [0.2, 0.25) is 0 Å². The van der Waals surface area contributed by atoms with Gasteiger partial charge in [-0.1, -0.05) is 25.1 Å². The maximum absolute atomic E-state index is 10.9. The molecule has 0 saturated carbocycles. The van der Waals surface area contributed by atoms with E-state index < -0.39 is 6.09 Å². The number of ether oxygens (including phenoxy) is 1. The number of nitrogens with one attached hydrogen (secondary N) is 1. The van der Waals surface area contributed by atoms with Gasteiger partial charge in [-0.3, -0.25) is 0 Å². The first-order valence-electron chi connectivity index (χ1n) is 5.41. The summed E-state index contributed by atoms with van der Waals surface area (Å²) in [7, 11) is 0. The monoisotopic (exact) mass is 220 g/mol. The molecule has 0 saturated heterocycles. The molecule has 16 heavy (non-hydrogen) atoms. The summed E-state index contributed by atoms with van der Waals surface area (Å²) in [4.78, 5) is 10.9. The summed E-state index contributed by atoms with van der Waals surface area (Å²) in [6, 6.07) is 8.07. The Morgan fingerprint density at radius 1 is 1.38 bits per heavy atom. The van der Waals surface area contributed by atoms with E-state index in [1.807, 2.05) is 31.2 Å². The first-order chi connectivity index (χ1) is 7.59. The van der Waals surface area contributed by atoms with Crippen LogP contribution in [-0.4, -0.2) is 12.1 Å². The average Bonchev–Trinajstić information content (AvgIpc) is 2.24. The lowest BCUT2D eigenvalue weighted by Crippen LogP contribution is -2.36. The lowest BCUT2D eigenvalue weighted by Gasteiger charge is -2.36. The maximum Gasteiger partial charge on any atom is 0.405 e. The number of rotatable bonds is 1. The highest BCUT2D eigenvalue weighted by molar-refractivity contribution is 5.66. The van der Waals surface area contributed by atoms with Crippen LogP contribution in [0.3, 0.4) is 0 Å². The van der Waals surface area contributed by atoms with Crippen molar-refractivity contribution in [2.75, 3.05) is 5.32 Å². The molecule has 1 heterocycles. The van der Waals surface area contributed by atoms with Crippen molar-refractivity contribution in [3.05, 3.63) is 29.8 Å². The van der Waals surface area contributed by atoms with E-state index in [-0.39, 0.29) is 18.1 Å². The first kappa shape index (κ1) is 10.8. The van der Waals surface area contributed by atoms with Gasteiger partial charge in [-0.05, 0) is 13.0 Å². The van der Waals surface area contributed by atoms with Crippen LogP contribution in [0.25, 0.3) is 0 Å². The molecule has 86 valence electrons. The third kappa shape index (κ3) is 1.83. The molecule has 0 spiro atoms. The van der Waals surface area contributed by atoms with Crippen LogP contribution in [0, 0.1) is 5.92 Å². The number of hydrogen-bond acceptors (Lipinski definition) is 3. The second-order valence-electron chi connectivity index (χ2n) is 4.24. The number of anilines is 1. The van der Waals surface area contributed by atoms with Crippen LogP contribution in [-0.2, 0) is 4.74 Å². The van der Waals surface area contributed by atoms with Crippen molar-refractivity contribution in [2.24, 2.45) is 11.7 Å².